The predicted molar refractivity (Wildman–Crippen MR) is 64.4 cm³/mol. The average Bonchev–Trinajstić information content (AvgIpc) is 2.39. The summed E-state index contributed by atoms with van der Waals surface area (Å²) in [6.45, 7) is 0. The molecule has 1 N–H and O–H groups in total. The van der Waals surface area contributed by atoms with Crippen molar-refractivity contribution in [2.24, 2.45) is 0 Å². The van der Waals surface area contributed by atoms with Crippen molar-refractivity contribution in [3.8, 4) is 0 Å². The van der Waals surface area contributed by atoms with Crippen molar-refractivity contribution in [2.45, 2.75) is 30.6 Å². The van der Waals surface area contributed by atoms with Crippen molar-refractivity contribution in [3.05, 3.63) is 42.1 Å². The molecular formula is C12H15NO3S. The Kier molecular flexibility index (Phi) is 3.81. The van der Waals surface area contributed by atoms with Gasteiger partial charge in [-0.2, -0.15) is 8.42 Å². The fourth-order valence-electron chi connectivity index (χ4n) is 1.67. The van der Waals surface area contributed by atoms with Gasteiger partial charge in [0, 0.05) is 5.70 Å². The summed E-state index contributed by atoms with van der Waals surface area (Å²) >= 11 is 0. The maximum absolute atomic E-state index is 11.8. The van der Waals surface area contributed by atoms with E-state index in [-0.39, 0.29) is 4.90 Å². The summed E-state index contributed by atoms with van der Waals surface area (Å²) in [7, 11) is -3.71. The fourth-order valence-corrected chi connectivity index (χ4v) is 2.48. The van der Waals surface area contributed by atoms with Gasteiger partial charge in [-0.1, -0.05) is 24.3 Å². The topological polar surface area (TPSA) is 55.4 Å². The van der Waals surface area contributed by atoms with Gasteiger partial charge in [0.2, 0.25) is 0 Å². The second-order valence-electron chi connectivity index (χ2n) is 3.93. The van der Waals surface area contributed by atoms with E-state index < -0.39 is 10.1 Å². The van der Waals surface area contributed by atoms with Crippen LogP contribution in [-0.2, 0) is 14.4 Å². The van der Waals surface area contributed by atoms with E-state index in [0.717, 1.165) is 31.4 Å². The van der Waals surface area contributed by atoms with E-state index in [1.54, 1.807) is 18.2 Å². The first-order valence-electron chi connectivity index (χ1n) is 5.62. The summed E-state index contributed by atoms with van der Waals surface area (Å²) in [4.78, 5) is 0.156. The molecule has 0 heterocycles. The summed E-state index contributed by atoms with van der Waals surface area (Å²) < 4.78 is 28.3. The molecule has 0 fully saturated rings. The molecule has 0 atom stereocenters. The van der Waals surface area contributed by atoms with Gasteiger partial charge in [0.1, 0.15) is 0 Å². The molecule has 0 spiro atoms. The molecule has 17 heavy (non-hydrogen) atoms. The molecule has 5 heteroatoms. The SMILES string of the molecule is O=S(=O)(ONC1=CCCCC1)c1ccccc1. The highest BCUT2D eigenvalue weighted by Gasteiger charge is 2.15. The highest BCUT2D eigenvalue weighted by atomic mass is 32.2. The van der Waals surface area contributed by atoms with E-state index in [2.05, 4.69) is 5.48 Å². The molecule has 4 nitrogen and oxygen atoms in total. The minimum Gasteiger partial charge on any atom is -0.254 e. The van der Waals surface area contributed by atoms with Crippen molar-refractivity contribution in [2.75, 3.05) is 0 Å². The molecule has 1 aromatic rings. The van der Waals surface area contributed by atoms with Gasteiger partial charge in [-0.15, -0.1) is 4.28 Å². The minimum absolute atomic E-state index is 0.156. The van der Waals surface area contributed by atoms with Gasteiger partial charge >= 0.3 is 10.1 Å². The Bertz CT molecular complexity index is 494. The fraction of sp³-hybridized carbons (Fsp3) is 0.333. The Morgan fingerprint density at radius 3 is 2.53 bits per heavy atom. The summed E-state index contributed by atoms with van der Waals surface area (Å²) in [6.07, 6.45) is 6.00. The Hall–Kier alpha value is -1.33. The van der Waals surface area contributed by atoms with E-state index in [4.69, 9.17) is 4.28 Å². The molecular weight excluding hydrogens is 238 g/mol. The van der Waals surface area contributed by atoms with Crippen LogP contribution in [0.25, 0.3) is 0 Å². The van der Waals surface area contributed by atoms with Crippen LogP contribution in [0.4, 0.5) is 0 Å². The summed E-state index contributed by atoms with van der Waals surface area (Å²) in [6, 6.07) is 8.10. The maximum Gasteiger partial charge on any atom is 0.317 e. The molecule has 0 unspecified atom stereocenters. The quantitative estimate of drug-likeness (QED) is 0.837. The Balaban J connectivity index is 2.01. The Morgan fingerprint density at radius 1 is 1.12 bits per heavy atom. The zero-order valence-corrected chi connectivity index (χ0v) is 10.2. The predicted octanol–water partition coefficient (Wildman–Crippen LogP) is 2.35. The number of rotatable bonds is 4. The summed E-state index contributed by atoms with van der Waals surface area (Å²) in [5.74, 6) is 0. The lowest BCUT2D eigenvalue weighted by atomic mass is 10.1. The highest BCUT2D eigenvalue weighted by molar-refractivity contribution is 7.86. The van der Waals surface area contributed by atoms with Crippen LogP contribution in [-0.4, -0.2) is 8.42 Å². The van der Waals surface area contributed by atoms with Crippen LogP contribution in [0.3, 0.4) is 0 Å². The third-order valence-electron chi connectivity index (χ3n) is 2.61. The molecule has 0 amide bonds. The van der Waals surface area contributed by atoms with Crippen molar-refractivity contribution < 1.29 is 12.7 Å². The third-order valence-corrected chi connectivity index (χ3v) is 3.76. The van der Waals surface area contributed by atoms with E-state index >= 15 is 0 Å². The van der Waals surface area contributed by atoms with Gasteiger partial charge in [-0.3, -0.25) is 5.48 Å². The zero-order valence-electron chi connectivity index (χ0n) is 9.43. The second-order valence-corrected chi connectivity index (χ2v) is 5.47. The van der Waals surface area contributed by atoms with Crippen LogP contribution in [0.15, 0.2) is 47.0 Å². The van der Waals surface area contributed by atoms with Gasteiger partial charge < -0.3 is 0 Å². The number of hydrogen-bond donors (Lipinski definition) is 1. The molecule has 1 aliphatic carbocycles. The van der Waals surface area contributed by atoms with Gasteiger partial charge in [-0.25, -0.2) is 0 Å². The van der Waals surface area contributed by atoms with Gasteiger partial charge in [0.05, 0.1) is 4.90 Å². The molecule has 1 aromatic carbocycles. The Morgan fingerprint density at radius 2 is 1.88 bits per heavy atom. The van der Waals surface area contributed by atoms with Crippen LogP contribution >= 0.6 is 0 Å². The van der Waals surface area contributed by atoms with Crippen molar-refractivity contribution in [1.29, 1.82) is 0 Å². The number of nitrogens with one attached hydrogen (secondary N) is 1. The first-order chi connectivity index (χ1) is 8.18. The number of hydroxylamine groups is 1. The Labute approximate surface area is 101 Å². The lowest BCUT2D eigenvalue weighted by Crippen LogP contribution is -2.21. The monoisotopic (exact) mass is 253 g/mol. The second kappa shape index (κ2) is 5.33. The molecule has 0 bridgehead atoms. The van der Waals surface area contributed by atoms with Gasteiger partial charge in [0.25, 0.3) is 0 Å². The number of allylic oxidation sites excluding steroid dienone is 2. The van der Waals surface area contributed by atoms with Crippen LogP contribution in [0.2, 0.25) is 0 Å². The van der Waals surface area contributed by atoms with Gasteiger partial charge in [0.15, 0.2) is 0 Å². The molecule has 0 saturated carbocycles. The minimum atomic E-state index is -3.71. The maximum atomic E-state index is 11.8. The summed E-state index contributed by atoms with van der Waals surface area (Å²) in [5, 5.41) is 0. The van der Waals surface area contributed by atoms with Crippen LogP contribution in [0.1, 0.15) is 25.7 Å². The largest absolute Gasteiger partial charge is 0.317 e. The van der Waals surface area contributed by atoms with E-state index in [9.17, 15) is 8.42 Å². The van der Waals surface area contributed by atoms with E-state index in [1.165, 1.54) is 12.1 Å². The normalized spacial score (nSPS) is 16.4. The van der Waals surface area contributed by atoms with Crippen LogP contribution < -0.4 is 5.48 Å². The standard InChI is InChI=1S/C12H15NO3S/c14-17(15,12-9-5-2-6-10-12)16-13-11-7-3-1-4-8-11/h2,5-7,9-10,13H,1,3-4,8H2. The average molecular weight is 253 g/mol. The first kappa shape index (κ1) is 12.1. The van der Waals surface area contributed by atoms with Crippen LogP contribution in [0, 0.1) is 0 Å². The third kappa shape index (κ3) is 3.31. The number of hydrogen-bond acceptors (Lipinski definition) is 4. The zero-order chi connectivity index (χ0) is 12.1. The van der Waals surface area contributed by atoms with Crippen molar-refractivity contribution in [3.63, 3.8) is 0 Å². The molecule has 2 rings (SSSR count). The number of benzene rings is 1. The van der Waals surface area contributed by atoms with Crippen molar-refractivity contribution >= 4 is 10.1 Å². The molecule has 1 aliphatic rings. The molecule has 0 saturated heterocycles. The molecule has 0 aromatic heterocycles. The first-order valence-corrected chi connectivity index (χ1v) is 7.03. The van der Waals surface area contributed by atoms with Crippen LogP contribution in [0.5, 0.6) is 0 Å². The van der Waals surface area contributed by atoms with Crippen molar-refractivity contribution in [1.82, 2.24) is 5.48 Å². The van der Waals surface area contributed by atoms with E-state index in [1.807, 2.05) is 6.08 Å². The van der Waals surface area contributed by atoms with E-state index in [0.29, 0.717) is 0 Å². The summed E-state index contributed by atoms with van der Waals surface area (Å²) in [5.41, 5.74) is 3.38. The highest BCUT2D eigenvalue weighted by Crippen LogP contribution is 2.16. The molecule has 92 valence electrons. The molecule has 0 radical (unpaired) electrons. The molecule has 0 aliphatic heterocycles. The lowest BCUT2D eigenvalue weighted by molar-refractivity contribution is 0.229. The van der Waals surface area contributed by atoms with Gasteiger partial charge in [-0.05, 0) is 37.8 Å². The lowest BCUT2D eigenvalue weighted by Gasteiger charge is -2.14. The smallest absolute Gasteiger partial charge is 0.254 e.